The van der Waals surface area contributed by atoms with Crippen molar-refractivity contribution in [1.82, 2.24) is 0 Å². The van der Waals surface area contributed by atoms with E-state index in [0.29, 0.717) is 17.2 Å². The summed E-state index contributed by atoms with van der Waals surface area (Å²) in [4.78, 5) is 12.4. The number of para-hydroxylation sites is 2. The van der Waals surface area contributed by atoms with Crippen LogP contribution in [0.3, 0.4) is 0 Å². The van der Waals surface area contributed by atoms with Gasteiger partial charge in [0.05, 0.1) is 38.2 Å². The quantitative estimate of drug-likeness (QED) is 0.733. The molecule has 0 aliphatic heterocycles. The van der Waals surface area contributed by atoms with Crippen molar-refractivity contribution in [2.75, 3.05) is 31.4 Å². The molecule has 1 amide bonds. The Labute approximate surface area is 159 Å². The SMILES string of the molecule is COc1ccc(OC)c(NC(=O)CNc2ccccc2OC2CCCC2)c1. The predicted octanol–water partition coefficient (Wildman–Crippen LogP) is 4.08. The van der Waals surface area contributed by atoms with Crippen molar-refractivity contribution in [1.29, 1.82) is 0 Å². The van der Waals surface area contributed by atoms with E-state index < -0.39 is 0 Å². The first-order valence-electron chi connectivity index (χ1n) is 9.21. The van der Waals surface area contributed by atoms with Gasteiger partial charge in [-0.25, -0.2) is 0 Å². The highest BCUT2D eigenvalue weighted by Gasteiger charge is 2.18. The number of methoxy groups -OCH3 is 2. The normalized spacial score (nSPS) is 13.9. The van der Waals surface area contributed by atoms with Gasteiger partial charge in [-0.05, 0) is 49.9 Å². The van der Waals surface area contributed by atoms with Crippen molar-refractivity contribution in [3.05, 3.63) is 42.5 Å². The Morgan fingerprint density at radius 1 is 1.00 bits per heavy atom. The molecule has 3 rings (SSSR count). The molecule has 1 saturated carbocycles. The highest BCUT2D eigenvalue weighted by Crippen LogP contribution is 2.30. The summed E-state index contributed by atoms with van der Waals surface area (Å²) in [5.41, 5.74) is 1.39. The third-order valence-corrected chi connectivity index (χ3v) is 4.60. The summed E-state index contributed by atoms with van der Waals surface area (Å²) in [6.07, 6.45) is 4.87. The van der Waals surface area contributed by atoms with Gasteiger partial charge in [-0.15, -0.1) is 0 Å². The van der Waals surface area contributed by atoms with Crippen LogP contribution < -0.4 is 24.8 Å². The first-order chi connectivity index (χ1) is 13.2. The average molecular weight is 370 g/mol. The molecule has 0 spiro atoms. The summed E-state index contributed by atoms with van der Waals surface area (Å²) in [6, 6.07) is 13.0. The number of amides is 1. The zero-order valence-corrected chi connectivity index (χ0v) is 15.8. The minimum Gasteiger partial charge on any atom is -0.497 e. The fourth-order valence-electron chi connectivity index (χ4n) is 3.18. The second-order valence-electron chi connectivity index (χ2n) is 6.49. The van der Waals surface area contributed by atoms with E-state index in [4.69, 9.17) is 14.2 Å². The lowest BCUT2D eigenvalue weighted by molar-refractivity contribution is -0.114. The first-order valence-corrected chi connectivity index (χ1v) is 9.21. The van der Waals surface area contributed by atoms with Crippen molar-refractivity contribution in [3.8, 4) is 17.2 Å². The molecule has 27 heavy (non-hydrogen) atoms. The lowest BCUT2D eigenvalue weighted by Gasteiger charge is -2.17. The Morgan fingerprint density at radius 2 is 1.78 bits per heavy atom. The molecule has 1 fully saturated rings. The van der Waals surface area contributed by atoms with Crippen LogP contribution >= 0.6 is 0 Å². The van der Waals surface area contributed by atoms with Crippen molar-refractivity contribution >= 4 is 17.3 Å². The summed E-state index contributed by atoms with van der Waals surface area (Å²) in [5, 5.41) is 6.02. The van der Waals surface area contributed by atoms with E-state index in [1.165, 1.54) is 12.8 Å². The molecule has 144 valence electrons. The molecule has 0 aromatic heterocycles. The van der Waals surface area contributed by atoms with Crippen LogP contribution in [0.2, 0.25) is 0 Å². The van der Waals surface area contributed by atoms with Crippen LogP contribution in [-0.4, -0.2) is 32.8 Å². The summed E-state index contributed by atoms with van der Waals surface area (Å²) in [5.74, 6) is 1.83. The van der Waals surface area contributed by atoms with E-state index in [2.05, 4.69) is 10.6 Å². The molecular weight excluding hydrogens is 344 g/mol. The van der Waals surface area contributed by atoms with E-state index in [0.717, 1.165) is 24.3 Å². The molecule has 0 heterocycles. The minimum atomic E-state index is -0.183. The number of hydrogen-bond donors (Lipinski definition) is 2. The Hall–Kier alpha value is -2.89. The molecule has 0 unspecified atom stereocenters. The molecule has 6 nitrogen and oxygen atoms in total. The third kappa shape index (κ3) is 5.06. The smallest absolute Gasteiger partial charge is 0.243 e. The van der Waals surface area contributed by atoms with Gasteiger partial charge in [-0.3, -0.25) is 4.79 Å². The summed E-state index contributed by atoms with van der Waals surface area (Å²) >= 11 is 0. The van der Waals surface area contributed by atoms with E-state index in [1.807, 2.05) is 24.3 Å². The van der Waals surface area contributed by atoms with Gasteiger partial charge >= 0.3 is 0 Å². The minimum absolute atomic E-state index is 0.116. The molecule has 2 aromatic rings. The van der Waals surface area contributed by atoms with Crippen molar-refractivity contribution in [2.45, 2.75) is 31.8 Å². The summed E-state index contributed by atoms with van der Waals surface area (Å²) < 4.78 is 16.6. The maximum Gasteiger partial charge on any atom is 0.243 e. The van der Waals surface area contributed by atoms with Gasteiger partial charge in [0.1, 0.15) is 17.2 Å². The largest absolute Gasteiger partial charge is 0.497 e. The van der Waals surface area contributed by atoms with E-state index in [-0.39, 0.29) is 18.6 Å². The van der Waals surface area contributed by atoms with Gasteiger partial charge in [0.25, 0.3) is 0 Å². The van der Waals surface area contributed by atoms with Crippen LogP contribution in [-0.2, 0) is 4.79 Å². The highest BCUT2D eigenvalue weighted by atomic mass is 16.5. The van der Waals surface area contributed by atoms with E-state index >= 15 is 0 Å². The molecule has 0 atom stereocenters. The molecule has 2 N–H and O–H groups in total. The molecule has 1 aliphatic carbocycles. The van der Waals surface area contributed by atoms with Gasteiger partial charge in [-0.2, -0.15) is 0 Å². The Kier molecular flexibility index (Phi) is 6.41. The van der Waals surface area contributed by atoms with Crippen molar-refractivity contribution in [3.63, 3.8) is 0 Å². The monoisotopic (exact) mass is 370 g/mol. The van der Waals surface area contributed by atoms with E-state index in [1.54, 1.807) is 32.4 Å². The molecule has 0 bridgehead atoms. The lowest BCUT2D eigenvalue weighted by atomic mass is 10.2. The van der Waals surface area contributed by atoms with Gasteiger partial charge in [0.15, 0.2) is 0 Å². The number of anilines is 2. The summed E-state index contributed by atoms with van der Waals surface area (Å²) in [6.45, 7) is 0.116. The molecule has 1 aliphatic rings. The van der Waals surface area contributed by atoms with Gasteiger partial charge in [0.2, 0.25) is 5.91 Å². The standard InChI is InChI=1S/C21H26N2O4/c1-25-16-11-12-19(26-2)18(13-16)23-21(24)14-22-17-9-5-6-10-20(17)27-15-7-3-4-8-15/h5-6,9-13,15,22H,3-4,7-8,14H2,1-2H3,(H,23,24). The highest BCUT2D eigenvalue weighted by molar-refractivity contribution is 5.95. The van der Waals surface area contributed by atoms with Gasteiger partial charge in [0, 0.05) is 6.07 Å². The zero-order chi connectivity index (χ0) is 19.1. The summed E-state index contributed by atoms with van der Waals surface area (Å²) in [7, 11) is 3.14. The molecule has 0 saturated heterocycles. The van der Waals surface area contributed by atoms with Gasteiger partial charge < -0.3 is 24.8 Å². The van der Waals surface area contributed by atoms with Crippen molar-refractivity contribution < 1.29 is 19.0 Å². The molecule has 0 radical (unpaired) electrons. The zero-order valence-electron chi connectivity index (χ0n) is 15.8. The fraction of sp³-hybridized carbons (Fsp3) is 0.381. The second kappa shape index (κ2) is 9.16. The number of carbonyl (C=O) groups is 1. The van der Waals surface area contributed by atoms with E-state index in [9.17, 15) is 4.79 Å². The fourth-order valence-corrected chi connectivity index (χ4v) is 3.18. The number of hydrogen-bond acceptors (Lipinski definition) is 5. The van der Waals surface area contributed by atoms with Crippen LogP contribution in [0.5, 0.6) is 17.2 Å². The average Bonchev–Trinajstić information content (AvgIpc) is 3.20. The molecular formula is C21H26N2O4. The Bertz CT molecular complexity index is 773. The third-order valence-electron chi connectivity index (χ3n) is 4.60. The second-order valence-corrected chi connectivity index (χ2v) is 6.49. The first kappa shape index (κ1) is 18.9. The maximum atomic E-state index is 12.4. The van der Waals surface area contributed by atoms with Crippen molar-refractivity contribution in [2.24, 2.45) is 0 Å². The maximum absolute atomic E-state index is 12.4. The van der Waals surface area contributed by atoms with Gasteiger partial charge in [-0.1, -0.05) is 12.1 Å². The number of ether oxygens (including phenoxy) is 3. The van der Waals surface area contributed by atoms with Crippen LogP contribution in [0.15, 0.2) is 42.5 Å². The van der Waals surface area contributed by atoms with Crippen LogP contribution in [0.25, 0.3) is 0 Å². The van der Waals surface area contributed by atoms with Crippen LogP contribution in [0.1, 0.15) is 25.7 Å². The Morgan fingerprint density at radius 3 is 2.52 bits per heavy atom. The number of benzene rings is 2. The Balaban J connectivity index is 1.61. The topological polar surface area (TPSA) is 68.8 Å². The lowest BCUT2D eigenvalue weighted by Crippen LogP contribution is -2.22. The van der Waals surface area contributed by atoms with Crippen LogP contribution in [0, 0.1) is 0 Å². The predicted molar refractivity (Wildman–Crippen MR) is 106 cm³/mol. The molecule has 2 aromatic carbocycles. The van der Waals surface area contributed by atoms with Crippen LogP contribution in [0.4, 0.5) is 11.4 Å². The molecule has 6 heteroatoms. The number of rotatable bonds is 8. The number of carbonyl (C=O) groups excluding carboxylic acids is 1. The number of nitrogens with one attached hydrogen (secondary N) is 2.